The maximum absolute atomic E-state index is 11.5. The van der Waals surface area contributed by atoms with Gasteiger partial charge in [-0.1, -0.05) is 0 Å². The Morgan fingerprint density at radius 1 is 1.21 bits per heavy atom. The zero-order valence-corrected chi connectivity index (χ0v) is 11.8. The number of anilines is 2. The number of hydrogen-bond acceptors (Lipinski definition) is 3. The lowest BCUT2D eigenvalue weighted by atomic mass is 10.2. The molecule has 0 saturated heterocycles. The fourth-order valence-electron chi connectivity index (χ4n) is 1.54. The number of amides is 1. The van der Waals surface area contributed by atoms with Crippen molar-refractivity contribution < 1.29 is 13.2 Å². The van der Waals surface area contributed by atoms with E-state index in [4.69, 9.17) is 11.6 Å². The van der Waals surface area contributed by atoms with Crippen LogP contribution in [0.1, 0.15) is 12.8 Å². The molecule has 1 aromatic carbocycles. The SMILES string of the molecule is O=C(Nc1ccc(NS(=O)(=O)CCCl)cc1)C1CC1. The summed E-state index contributed by atoms with van der Waals surface area (Å²) in [6, 6.07) is 6.54. The van der Waals surface area contributed by atoms with Gasteiger partial charge in [0.05, 0.1) is 5.75 Å². The van der Waals surface area contributed by atoms with Gasteiger partial charge in [-0.3, -0.25) is 9.52 Å². The molecular formula is C12H15ClN2O3S. The first-order valence-corrected chi connectivity index (χ1v) is 8.16. The fraction of sp³-hybridized carbons (Fsp3) is 0.417. The average molecular weight is 303 g/mol. The molecule has 1 aliphatic carbocycles. The summed E-state index contributed by atoms with van der Waals surface area (Å²) in [4.78, 5) is 11.5. The summed E-state index contributed by atoms with van der Waals surface area (Å²) in [7, 11) is -3.39. The molecule has 0 heterocycles. The van der Waals surface area contributed by atoms with Gasteiger partial charge in [-0.05, 0) is 37.1 Å². The van der Waals surface area contributed by atoms with Gasteiger partial charge in [0.25, 0.3) is 0 Å². The van der Waals surface area contributed by atoms with Gasteiger partial charge in [0.15, 0.2) is 0 Å². The molecule has 0 aromatic heterocycles. The van der Waals surface area contributed by atoms with Crippen molar-refractivity contribution in [2.75, 3.05) is 21.7 Å². The normalized spacial score (nSPS) is 15.0. The highest BCUT2D eigenvalue weighted by Crippen LogP contribution is 2.30. The van der Waals surface area contributed by atoms with Crippen molar-refractivity contribution in [2.24, 2.45) is 5.92 Å². The number of sulfonamides is 1. The zero-order valence-electron chi connectivity index (χ0n) is 10.2. The number of alkyl halides is 1. The van der Waals surface area contributed by atoms with Gasteiger partial charge in [0, 0.05) is 23.2 Å². The lowest BCUT2D eigenvalue weighted by molar-refractivity contribution is -0.117. The van der Waals surface area contributed by atoms with Gasteiger partial charge in [-0.25, -0.2) is 8.42 Å². The molecule has 7 heteroatoms. The predicted octanol–water partition coefficient (Wildman–Crippen LogP) is 2.02. The van der Waals surface area contributed by atoms with Gasteiger partial charge in [0.2, 0.25) is 15.9 Å². The minimum Gasteiger partial charge on any atom is -0.326 e. The van der Waals surface area contributed by atoms with E-state index >= 15 is 0 Å². The van der Waals surface area contributed by atoms with Gasteiger partial charge in [0.1, 0.15) is 0 Å². The molecule has 5 nitrogen and oxygen atoms in total. The minimum atomic E-state index is -3.39. The van der Waals surface area contributed by atoms with Crippen molar-refractivity contribution in [1.82, 2.24) is 0 Å². The monoisotopic (exact) mass is 302 g/mol. The molecule has 0 spiro atoms. The van der Waals surface area contributed by atoms with Crippen LogP contribution < -0.4 is 10.0 Å². The maximum Gasteiger partial charge on any atom is 0.233 e. The highest BCUT2D eigenvalue weighted by Gasteiger charge is 2.29. The van der Waals surface area contributed by atoms with Crippen LogP contribution in [-0.4, -0.2) is 26.0 Å². The number of hydrogen-bond donors (Lipinski definition) is 2. The van der Waals surface area contributed by atoms with Crippen LogP contribution in [0.25, 0.3) is 0 Å². The third-order valence-corrected chi connectivity index (χ3v) is 4.42. The summed E-state index contributed by atoms with van der Waals surface area (Å²) in [5.74, 6) is 0.0805. The highest BCUT2D eigenvalue weighted by atomic mass is 35.5. The largest absolute Gasteiger partial charge is 0.326 e. The first-order valence-electron chi connectivity index (χ1n) is 5.97. The Balaban J connectivity index is 1.96. The molecular weight excluding hydrogens is 288 g/mol. The Morgan fingerprint density at radius 2 is 1.79 bits per heavy atom. The summed E-state index contributed by atoms with van der Waals surface area (Å²) >= 11 is 5.40. The molecule has 2 rings (SSSR count). The molecule has 1 saturated carbocycles. The number of benzene rings is 1. The molecule has 104 valence electrons. The molecule has 1 fully saturated rings. The van der Waals surface area contributed by atoms with Gasteiger partial charge in [-0.2, -0.15) is 0 Å². The average Bonchev–Trinajstić information content (AvgIpc) is 3.15. The van der Waals surface area contributed by atoms with Crippen LogP contribution in [0.3, 0.4) is 0 Å². The number of nitrogens with one attached hydrogen (secondary N) is 2. The van der Waals surface area contributed by atoms with Crippen LogP contribution in [-0.2, 0) is 14.8 Å². The number of carbonyl (C=O) groups is 1. The van der Waals surface area contributed by atoms with Gasteiger partial charge in [-0.15, -0.1) is 11.6 Å². The van der Waals surface area contributed by atoms with Crippen molar-refractivity contribution in [3.8, 4) is 0 Å². The molecule has 2 N–H and O–H groups in total. The van der Waals surface area contributed by atoms with Crippen LogP contribution >= 0.6 is 11.6 Å². The Morgan fingerprint density at radius 3 is 2.32 bits per heavy atom. The van der Waals surface area contributed by atoms with E-state index in [2.05, 4.69) is 10.0 Å². The lowest BCUT2D eigenvalue weighted by Crippen LogP contribution is -2.17. The second-order valence-electron chi connectivity index (χ2n) is 4.45. The summed E-state index contributed by atoms with van der Waals surface area (Å²) in [6.07, 6.45) is 1.89. The smallest absolute Gasteiger partial charge is 0.233 e. The third-order valence-electron chi connectivity index (χ3n) is 2.72. The molecule has 1 aromatic rings. The van der Waals surface area contributed by atoms with E-state index in [1.807, 2.05) is 0 Å². The maximum atomic E-state index is 11.5. The first kappa shape index (κ1) is 14.1. The molecule has 0 atom stereocenters. The Labute approximate surface area is 117 Å². The van der Waals surface area contributed by atoms with Crippen molar-refractivity contribution in [1.29, 1.82) is 0 Å². The van der Waals surface area contributed by atoms with E-state index in [1.165, 1.54) is 0 Å². The van der Waals surface area contributed by atoms with Crippen molar-refractivity contribution in [3.05, 3.63) is 24.3 Å². The van der Waals surface area contributed by atoms with Crippen LogP contribution in [0.5, 0.6) is 0 Å². The van der Waals surface area contributed by atoms with Crippen molar-refractivity contribution >= 4 is 38.9 Å². The molecule has 0 unspecified atom stereocenters. The van der Waals surface area contributed by atoms with Gasteiger partial charge >= 0.3 is 0 Å². The lowest BCUT2D eigenvalue weighted by Gasteiger charge is -2.08. The van der Waals surface area contributed by atoms with Crippen LogP contribution in [0.2, 0.25) is 0 Å². The second kappa shape index (κ2) is 5.79. The Hall–Kier alpha value is -1.27. The highest BCUT2D eigenvalue weighted by molar-refractivity contribution is 7.92. The standard InChI is InChI=1S/C12H15ClN2O3S/c13-7-8-19(17,18)15-11-5-3-10(4-6-11)14-12(16)9-1-2-9/h3-6,9,15H,1-2,7-8H2,(H,14,16). The zero-order chi connectivity index (χ0) is 13.9. The molecule has 0 aliphatic heterocycles. The van der Waals surface area contributed by atoms with E-state index in [1.54, 1.807) is 24.3 Å². The minimum absolute atomic E-state index is 0.0236. The Bertz CT molecular complexity index is 553. The summed E-state index contributed by atoms with van der Waals surface area (Å²) < 4.78 is 25.4. The van der Waals surface area contributed by atoms with E-state index in [9.17, 15) is 13.2 Å². The molecule has 19 heavy (non-hydrogen) atoms. The van der Waals surface area contributed by atoms with Crippen LogP contribution in [0, 0.1) is 5.92 Å². The van der Waals surface area contributed by atoms with Crippen LogP contribution in [0.15, 0.2) is 24.3 Å². The molecule has 0 bridgehead atoms. The van der Waals surface area contributed by atoms with Crippen molar-refractivity contribution in [2.45, 2.75) is 12.8 Å². The summed E-state index contributed by atoms with van der Waals surface area (Å²) in [5.41, 5.74) is 1.12. The van der Waals surface area contributed by atoms with E-state index in [-0.39, 0.29) is 23.5 Å². The third kappa shape index (κ3) is 4.40. The summed E-state index contributed by atoms with van der Waals surface area (Å²) in [5, 5.41) is 2.78. The molecule has 1 amide bonds. The predicted molar refractivity (Wildman–Crippen MR) is 75.9 cm³/mol. The second-order valence-corrected chi connectivity index (χ2v) is 6.67. The van der Waals surface area contributed by atoms with Crippen molar-refractivity contribution in [3.63, 3.8) is 0 Å². The van der Waals surface area contributed by atoms with Gasteiger partial charge < -0.3 is 5.32 Å². The van der Waals surface area contributed by atoms with E-state index < -0.39 is 10.0 Å². The summed E-state index contributed by atoms with van der Waals surface area (Å²) in [6.45, 7) is 0. The number of halogens is 1. The van der Waals surface area contributed by atoms with E-state index in [0.717, 1.165) is 12.8 Å². The van der Waals surface area contributed by atoms with E-state index in [0.29, 0.717) is 11.4 Å². The Kier molecular flexibility index (Phi) is 4.31. The molecule has 0 radical (unpaired) electrons. The number of carbonyl (C=O) groups excluding carboxylic acids is 1. The molecule has 1 aliphatic rings. The first-order chi connectivity index (χ1) is 9.00. The fourth-order valence-corrected chi connectivity index (χ4v) is 2.95. The quantitative estimate of drug-likeness (QED) is 0.789. The topological polar surface area (TPSA) is 75.3 Å². The number of rotatable bonds is 6. The van der Waals surface area contributed by atoms with Crippen LogP contribution in [0.4, 0.5) is 11.4 Å².